The van der Waals surface area contributed by atoms with Crippen LogP contribution in [-0.2, 0) is 9.63 Å². The van der Waals surface area contributed by atoms with E-state index < -0.39 is 5.97 Å². The highest BCUT2D eigenvalue weighted by molar-refractivity contribution is 6.02. The number of carbonyl (C=O) groups is 1. The molecule has 0 bridgehead atoms. The summed E-state index contributed by atoms with van der Waals surface area (Å²) in [7, 11) is 0. The van der Waals surface area contributed by atoms with Gasteiger partial charge in [-0.3, -0.25) is 4.79 Å². The average molecular weight is 263 g/mol. The Labute approximate surface area is 111 Å². The molecule has 1 heterocycles. The van der Waals surface area contributed by atoms with Gasteiger partial charge in [-0.05, 0) is 31.4 Å². The fraction of sp³-hybridized carbons (Fsp3) is 0.429. The molecule has 19 heavy (non-hydrogen) atoms. The zero-order chi connectivity index (χ0) is 13.5. The first-order chi connectivity index (χ1) is 9.27. The summed E-state index contributed by atoms with van der Waals surface area (Å²) in [5.74, 6) is 0.0114. The third-order valence-corrected chi connectivity index (χ3v) is 2.81. The van der Waals surface area contributed by atoms with Crippen molar-refractivity contribution in [3.63, 3.8) is 0 Å². The van der Waals surface area contributed by atoms with Gasteiger partial charge in [0.25, 0.3) is 0 Å². The van der Waals surface area contributed by atoms with Gasteiger partial charge in [0.1, 0.15) is 12.4 Å². The van der Waals surface area contributed by atoms with Crippen LogP contribution in [-0.4, -0.2) is 30.0 Å². The smallest absolute Gasteiger partial charge is 0.303 e. The van der Waals surface area contributed by atoms with E-state index in [2.05, 4.69) is 5.16 Å². The Kier molecular flexibility index (Phi) is 4.78. The molecular formula is C14H17NO4. The van der Waals surface area contributed by atoms with E-state index in [1.165, 1.54) is 0 Å². The van der Waals surface area contributed by atoms with Gasteiger partial charge in [0.05, 0.1) is 12.3 Å². The topological polar surface area (TPSA) is 68.1 Å². The molecule has 1 aromatic carbocycles. The van der Waals surface area contributed by atoms with Crippen molar-refractivity contribution in [1.82, 2.24) is 0 Å². The number of aliphatic carboxylic acids is 1. The number of ether oxygens (including phenoxy) is 1. The lowest BCUT2D eigenvalue weighted by Gasteiger charge is -2.07. The monoisotopic (exact) mass is 263 g/mol. The lowest BCUT2D eigenvalue weighted by atomic mass is 10.1. The summed E-state index contributed by atoms with van der Waals surface area (Å²) < 4.78 is 5.62. The normalized spacial score (nSPS) is 16.3. The summed E-state index contributed by atoms with van der Waals surface area (Å²) in [6.07, 6.45) is 2.26. The molecular weight excluding hydrogens is 246 g/mol. The van der Waals surface area contributed by atoms with E-state index in [0.29, 0.717) is 19.6 Å². The molecule has 2 rings (SSSR count). The van der Waals surface area contributed by atoms with Gasteiger partial charge >= 0.3 is 5.97 Å². The number of para-hydroxylation sites is 1. The van der Waals surface area contributed by atoms with E-state index >= 15 is 0 Å². The predicted molar refractivity (Wildman–Crippen MR) is 70.5 cm³/mol. The van der Waals surface area contributed by atoms with E-state index in [9.17, 15) is 4.79 Å². The Morgan fingerprint density at radius 2 is 2.26 bits per heavy atom. The Morgan fingerprint density at radius 3 is 3.11 bits per heavy atom. The van der Waals surface area contributed by atoms with Crippen molar-refractivity contribution in [3.05, 3.63) is 29.8 Å². The van der Waals surface area contributed by atoms with Gasteiger partial charge in [0, 0.05) is 12.0 Å². The Morgan fingerprint density at radius 1 is 1.42 bits per heavy atom. The van der Waals surface area contributed by atoms with Gasteiger partial charge in [0.15, 0.2) is 0 Å². The molecule has 0 unspecified atom stereocenters. The molecule has 5 heteroatoms. The standard InChI is InChI=1S/C14H17NO4/c16-14(17)8-4-10-19-15-12-6-3-9-18-13-7-2-1-5-11(12)13/h1-2,5,7H,3-4,6,8-10H2,(H,16,17). The van der Waals surface area contributed by atoms with Crippen LogP contribution in [0.5, 0.6) is 5.75 Å². The fourth-order valence-corrected chi connectivity index (χ4v) is 1.89. The van der Waals surface area contributed by atoms with Crippen LogP contribution in [0.25, 0.3) is 0 Å². The van der Waals surface area contributed by atoms with Gasteiger partial charge in [-0.15, -0.1) is 0 Å². The van der Waals surface area contributed by atoms with E-state index in [1.807, 2.05) is 24.3 Å². The average Bonchev–Trinajstić information content (AvgIpc) is 2.61. The predicted octanol–water partition coefficient (Wildman–Crippen LogP) is 2.44. The molecule has 0 radical (unpaired) electrons. The van der Waals surface area contributed by atoms with Crippen LogP contribution in [0, 0.1) is 0 Å². The van der Waals surface area contributed by atoms with Crippen LogP contribution in [0.2, 0.25) is 0 Å². The maximum atomic E-state index is 10.4. The van der Waals surface area contributed by atoms with E-state index in [4.69, 9.17) is 14.7 Å². The first kappa shape index (κ1) is 13.4. The Hall–Kier alpha value is -2.04. The number of oxime groups is 1. The van der Waals surface area contributed by atoms with Crippen LogP contribution >= 0.6 is 0 Å². The minimum atomic E-state index is -0.815. The van der Waals surface area contributed by atoms with Crippen LogP contribution in [0.4, 0.5) is 0 Å². The van der Waals surface area contributed by atoms with Crippen LogP contribution in [0.1, 0.15) is 31.2 Å². The van der Waals surface area contributed by atoms with E-state index in [1.54, 1.807) is 0 Å². The van der Waals surface area contributed by atoms with Crippen molar-refractivity contribution in [1.29, 1.82) is 0 Å². The molecule has 0 aliphatic carbocycles. The van der Waals surface area contributed by atoms with Gasteiger partial charge in [-0.25, -0.2) is 0 Å². The number of nitrogens with zero attached hydrogens (tertiary/aromatic N) is 1. The summed E-state index contributed by atoms with van der Waals surface area (Å²) in [6, 6.07) is 7.74. The van der Waals surface area contributed by atoms with Crippen molar-refractivity contribution in [2.45, 2.75) is 25.7 Å². The van der Waals surface area contributed by atoms with Gasteiger partial charge < -0.3 is 14.7 Å². The van der Waals surface area contributed by atoms with Crippen molar-refractivity contribution < 1.29 is 19.5 Å². The quantitative estimate of drug-likeness (QED) is 0.654. The number of fused-ring (bicyclic) bond motifs is 1. The summed E-state index contributed by atoms with van der Waals surface area (Å²) >= 11 is 0. The zero-order valence-electron chi connectivity index (χ0n) is 10.7. The molecule has 1 aromatic rings. The molecule has 0 atom stereocenters. The number of carboxylic acid groups (broad SMARTS) is 1. The highest BCUT2D eigenvalue weighted by atomic mass is 16.6. The second-order valence-electron chi connectivity index (χ2n) is 4.32. The Balaban J connectivity index is 1.97. The first-order valence-electron chi connectivity index (χ1n) is 6.40. The van der Waals surface area contributed by atoms with E-state index in [0.717, 1.165) is 29.9 Å². The van der Waals surface area contributed by atoms with Crippen molar-refractivity contribution >= 4 is 11.7 Å². The number of carboxylic acids is 1. The highest BCUT2D eigenvalue weighted by Gasteiger charge is 2.14. The minimum Gasteiger partial charge on any atom is -0.493 e. The molecule has 1 aliphatic rings. The maximum Gasteiger partial charge on any atom is 0.303 e. The maximum absolute atomic E-state index is 10.4. The molecule has 102 valence electrons. The van der Waals surface area contributed by atoms with Crippen molar-refractivity contribution in [2.75, 3.05) is 13.2 Å². The molecule has 0 saturated heterocycles. The molecule has 0 amide bonds. The number of hydrogen-bond donors (Lipinski definition) is 1. The SMILES string of the molecule is O=C(O)CCCON=C1CCCOc2ccccc21. The molecule has 5 nitrogen and oxygen atoms in total. The van der Waals surface area contributed by atoms with Crippen molar-refractivity contribution in [2.24, 2.45) is 5.16 Å². The number of benzene rings is 1. The van der Waals surface area contributed by atoms with Gasteiger partial charge in [-0.1, -0.05) is 17.3 Å². The summed E-state index contributed by atoms with van der Waals surface area (Å²) in [4.78, 5) is 15.6. The lowest BCUT2D eigenvalue weighted by molar-refractivity contribution is -0.137. The first-order valence-corrected chi connectivity index (χ1v) is 6.40. The second kappa shape index (κ2) is 6.78. The summed E-state index contributed by atoms with van der Waals surface area (Å²) in [5.41, 5.74) is 1.82. The highest BCUT2D eigenvalue weighted by Crippen LogP contribution is 2.24. The van der Waals surface area contributed by atoms with E-state index in [-0.39, 0.29) is 6.42 Å². The summed E-state index contributed by atoms with van der Waals surface area (Å²) in [6.45, 7) is 0.994. The molecule has 0 spiro atoms. The fourth-order valence-electron chi connectivity index (χ4n) is 1.89. The molecule has 0 fully saturated rings. The van der Waals surface area contributed by atoms with Crippen LogP contribution < -0.4 is 4.74 Å². The van der Waals surface area contributed by atoms with Gasteiger partial charge in [0.2, 0.25) is 0 Å². The van der Waals surface area contributed by atoms with Crippen LogP contribution in [0.3, 0.4) is 0 Å². The van der Waals surface area contributed by atoms with Gasteiger partial charge in [-0.2, -0.15) is 0 Å². The largest absolute Gasteiger partial charge is 0.493 e. The third kappa shape index (κ3) is 3.98. The number of rotatable bonds is 5. The molecule has 1 aliphatic heterocycles. The molecule has 0 aromatic heterocycles. The summed E-state index contributed by atoms with van der Waals surface area (Å²) in [5, 5.41) is 12.6. The number of hydrogen-bond acceptors (Lipinski definition) is 4. The zero-order valence-corrected chi connectivity index (χ0v) is 10.7. The minimum absolute atomic E-state index is 0.102. The third-order valence-electron chi connectivity index (χ3n) is 2.81. The lowest BCUT2D eigenvalue weighted by Crippen LogP contribution is -2.03. The Bertz CT molecular complexity index is 470. The van der Waals surface area contributed by atoms with Crippen molar-refractivity contribution in [3.8, 4) is 5.75 Å². The van der Waals surface area contributed by atoms with Crippen LogP contribution in [0.15, 0.2) is 29.4 Å². The second-order valence-corrected chi connectivity index (χ2v) is 4.32. The molecule has 1 N–H and O–H groups in total. The molecule has 0 saturated carbocycles.